The first-order chi connectivity index (χ1) is 15.2. The van der Waals surface area contributed by atoms with Crippen LogP contribution < -0.4 is 4.18 Å². The Morgan fingerprint density at radius 3 is 2.38 bits per heavy atom. The molecule has 0 bridgehead atoms. The Balaban J connectivity index is 1.82. The van der Waals surface area contributed by atoms with Gasteiger partial charge in [0, 0.05) is 13.1 Å². The molecule has 0 radical (unpaired) electrons. The van der Waals surface area contributed by atoms with E-state index in [1.54, 1.807) is 47.4 Å². The van der Waals surface area contributed by atoms with Gasteiger partial charge in [0.05, 0.1) is 10.6 Å². The van der Waals surface area contributed by atoms with Crippen LogP contribution in [0.4, 0.5) is 4.39 Å². The van der Waals surface area contributed by atoms with Crippen LogP contribution in [0.5, 0.6) is 5.75 Å². The predicted octanol–water partition coefficient (Wildman–Crippen LogP) is 5.55. The molecule has 8 heteroatoms. The maximum Gasteiger partial charge on any atom is 0.339 e. The van der Waals surface area contributed by atoms with E-state index in [9.17, 15) is 17.6 Å². The molecule has 3 rings (SSSR count). The molecule has 0 saturated heterocycles. The summed E-state index contributed by atoms with van der Waals surface area (Å²) in [6.45, 7) is 4.74. The van der Waals surface area contributed by atoms with Crippen molar-refractivity contribution in [3.63, 3.8) is 0 Å². The van der Waals surface area contributed by atoms with Crippen LogP contribution in [-0.2, 0) is 16.7 Å². The van der Waals surface area contributed by atoms with Gasteiger partial charge in [-0.25, -0.2) is 4.39 Å². The number of hydrogen-bond acceptors (Lipinski definition) is 4. The Morgan fingerprint density at radius 1 is 1.03 bits per heavy atom. The molecule has 0 atom stereocenters. The fourth-order valence-corrected chi connectivity index (χ4v) is 4.30. The monoisotopic (exact) mass is 475 g/mol. The summed E-state index contributed by atoms with van der Waals surface area (Å²) in [7, 11) is -4.12. The number of rotatable bonds is 8. The molecule has 0 aliphatic rings. The van der Waals surface area contributed by atoms with Gasteiger partial charge in [-0.3, -0.25) is 4.79 Å². The number of carbonyl (C=O) groups is 1. The van der Waals surface area contributed by atoms with Crippen molar-refractivity contribution in [1.29, 1.82) is 0 Å². The molecule has 5 nitrogen and oxygen atoms in total. The molecule has 0 spiro atoms. The van der Waals surface area contributed by atoms with Gasteiger partial charge in [-0.15, -0.1) is 0 Å². The molecule has 0 saturated carbocycles. The summed E-state index contributed by atoms with van der Waals surface area (Å²) in [5, 5.41) is 0.369. The standard InChI is InChI=1S/C24H23ClFNO4S/c1-17(2)15-27(24(28)22-8-3-4-9-23(22)25)16-18-6-5-7-20(14-18)31-32(29,30)21-12-10-19(26)11-13-21/h3-14,17H,15-16H2,1-2H3. The van der Waals surface area contributed by atoms with E-state index in [0.717, 1.165) is 24.3 Å². The first kappa shape index (κ1) is 23.8. The maximum absolute atomic E-state index is 13.1. The zero-order valence-electron chi connectivity index (χ0n) is 17.7. The van der Waals surface area contributed by atoms with Gasteiger partial charge in [-0.1, -0.05) is 49.7 Å². The van der Waals surface area contributed by atoms with Gasteiger partial charge in [-0.2, -0.15) is 8.42 Å². The largest absolute Gasteiger partial charge is 0.379 e. The molecular formula is C24H23ClFNO4S. The van der Waals surface area contributed by atoms with Crippen LogP contribution in [0.25, 0.3) is 0 Å². The Labute approximate surface area is 192 Å². The van der Waals surface area contributed by atoms with Crippen LogP contribution in [0, 0.1) is 11.7 Å². The summed E-state index contributed by atoms with van der Waals surface area (Å²) in [6, 6.07) is 17.7. The topological polar surface area (TPSA) is 63.7 Å². The van der Waals surface area contributed by atoms with Crippen LogP contribution in [0.1, 0.15) is 29.8 Å². The lowest BCUT2D eigenvalue weighted by molar-refractivity contribution is 0.0722. The number of carbonyl (C=O) groups excluding carboxylic acids is 1. The Morgan fingerprint density at radius 2 is 1.72 bits per heavy atom. The predicted molar refractivity (Wildman–Crippen MR) is 122 cm³/mol. The zero-order chi connectivity index (χ0) is 23.3. The normalized spacial score (nSPS) is 11.4. The van der Waals surface area contributed by atoms with Gasteiger partial charge in [0.1, 0.15) is 16.5 Å². The summed E-state index contributed by atoms with van der Waals surface area (Å²) in [4.78, 5) is 14.6. The minimum absolute atomic E-state index is 0.0986. The van der Waals surface area contributed by atoms with E-state index in [2.05, 4.69) is 0 Å². The highest BCUT2D eigenvalue weighted by molar-refractivity contribution is 7.87. The highest BCUT2D eigenvalue weighted by Crippen LogP contribution is 2.23. The van der Waals surface area contributed by atoms with Gasteiger partial charge in [0.25, 0.3) is 5.91 Å². The van der Waals surface area contributed by atoms with Crippen molar-refractivity contribution in [2.24, 2.45) is 5.92 Å². The van der Waals surface area contributed by atoms with Gasteiger partial charge >= 0.3 is 10.1 Å². The van der Waals surface area contributed by atoms with Gasteiger partial charge < -0.3 is 9.08 Å². The Hall–Kier alpha value is -2.90. The molecule has 0 N–H and O–H groups in total. The van der Waals surface area contributed by atoms with Crippen molar-refractivity contribution >= 4 is 27.6 Å². The Kier molecular flexibility index (Phi) is 7.53. The van der Waals surface area contributed by atoms with Crippen molar-refractivity contribution in [1.82, 2.24) is 4.90 Å². The summed E-state index contributed by atoms with van der Waals surface area (Å²) in [6.07, 6.45) is 0. The molecule has 3 aromatic rings. The highest BCUT2D eigenvalue weighted by atomic mass is 35.5. The molecule has 0 unspecified atom stereocenters. The third-order valence-electron chi connectivity index (χ3n) is 4.56. The highest BCUT2D eigenvalue weighted by Gasteiger charge is 2.21. The van der Waals surface area contributed by atoms with E-state index in [-0.39, 0.29) is 29.0 Å². The van der Waals surface area contributed by atoms with E-state index in [1.165, 1.54) is 6.07 Å². The molecule has 168 valence electrons. The molecule has 0 fully saturated rings. The smallest absolute Gasteiger partial charge is 0.339 e. The summed E-state index contributed by atoms with van der Waals surface area (Å²) in [5.41, 5.74) is 1.10. The number of hydrogen-bond donors (Lipinski definition) is 0. The van der Waals surface area contributed by atoms with Crippen LogP contribution >= 0.6 is 11.6 Å². The van der Waals surface area contributed by atoms with Crippen molar-refractivity contribution in [2.45, 2.75) is 25.3 Å². The number of halogens is 2. The number of nitrogens with zero attached hydrogens (tertiary/aromatic N) is 1. The van der Waals surface area contributed by atoms with Crippen molar-refractivity contribution in [2.75, 3.05) is 6.54 Å². The molecule has 0 heterocycles. The van der Waals surface area contributed by atoms with Gasteiger partial charge in [0.2, 0.25) is 0 Å². The SMILES string of the molecule is CC(C)CN(Cc1cccc(OS(=O)(=O)c2ccc(F)cc2)c1)C(=O)c1ccccc1Cl. The average Bonchev–Trinajstić information content (AvgIpc) is 2.73. The van der Waals surface area contributed by atoms with Crippen molar-refractivity contribution in [3.8, 4) is 5.75 Å². The fourth-order valence-electron chi connectivity index (χ4n) is 3.16. The summed E-state index contributed by atoms with van der Waals surface area (Å²) < 4.78 is 43.3. The van der Waals surface area contributed by atoms with E-state index in [0.29, 0.717) is 22.7 Å². The van der Waals surface area contributed by atoms with Crippen molar-refractivity contribution < 1.29 is 21.8 Å². The maximum atomic E-state index is 13.1. The van der Waals surface area contributed by atoms with Crippen LogP contribution in [0.2, 0.25) is 5.02 Å². The second kappa shape index (κ2) is 10.1. The molecule has 32 heavy (non-hydrogen) atoms. The summed E-state index contributed by atoms with van der Waals surface area (Å²) in [5.74, 6) is -0.449. The Bertz CT molecular complexity index is 1200. The number of amides is 1. The third-order valence-corrected chi connectivity index (χ3v) is 6.15. The minimum atomic E-state index is -4.12. The first-order valence-electron chi connectivity index (χ1n) is 9.98. The lowest BCUT2D eigenvalue weighted by Gasteiger charge is -2.25. The molecule has 3 aromatic carbocycles. The van der Waals surface area contributed by atoms with Crippen molar-refractivity contribution in [3.05, 3.63) is 94.8 Å². The fraction of sp³-hybridized carbons (Fsp3) is 0.208. The van der Waals surface area contributed by atoms with E-state index >= 15 is 0 Å². The van der Waals surface area contributed by atoms with E-state index in [1.807, 2.05) is 13.8 Å². The second-order valence-electron chi connectivity index (χ2n) is 7.70. The van der Waals surface area contributed by atoms with Crippen LogP contribution in [0.3, 0.4) is 0 Å². The molecule has 0 aliphatic heterocycles. The average molecular weight is 476 g/mol. The molecular weight excluding hydrogens is 453 g/mol. The second-order valence-corrected chi connectivity index (χ2v) is 9.65. The van der Waals surface area contributed by atoms with E-state index < -0.39 is 15.9 Å². The molecule has 0 aliphatic carbocycles. The minimum Gasteiger partial charge on any atom is -0.379 e. The first-order valence-corrected chi connectivity index (χ1v) is 11.8. The quantitative estimate of drug-likeness (QED) is 0.401. The van der Waals surface area contributed by atoms with Gasteiger partial charge in [-0.05, 0) is 60.0 Å². The number of benzene rings is 3. The van der Waals surface area contributed by atoms with Crippen LogP contribution in [-0.4, -0.2) is 25.8 Å². The lowest BCUT2D eigenvalue weighted by atomic mass is 10.1. The third kappa shape index (κ3) is 6.08. The molecule has 0 aromatic heterocycles. The summed E-state index contributed by atoms with van der Waals surface area (Å²) >= 11 is 6.21. The molecule has 1 amide bonds. The van der Waals surface area contributed by atoms with Crippen LogP contribution in [0.15, 0.2) is 77.7 Å². The zero-order valence-corrected chi connectivity index (χ0v) is 19.2. The lowest BCUT2D eigenvalue weighted by Crippen LogP contribution is -2.34. The van der Waals surface area contributed by atoms with Gasteiger partial charge in [0.15, 0.2) is 0 Å². The van der Waals surface area contributed by atoms with E-state index in [4.69, 9.17) is 15.8 Å².